The molecule has 2 rings (SSSR count). The van der Waals surface area contributed by atoms with Crippen LogP contribution in [0, 0.1) is 5.92 Å². The molecule has 8 heteroatoms. The molecule has 2 aliphatic heterocycles. The van der Waals surface area contributed by atoms with Gasteiger partial charge in [0.05, 0.1) is 0 Å². The summed E-state index contributed by atoms with van der Waals surface area (Å²) in [5.74, 6) is -1.75. The fraction of sp³-hybridized carbons (Fsp3) is 0.692. The van der Waals surface area contributed by atoms with Crippen molar-refractivity contribution in [3.8, 4) is 0 Å². The molecule has 2 heterocycles. The summed E-state index contributed by atoms with van der Waals surface area (Å²) in [5.41, 5.74) is 0. The minimum absolute atomic E-state index is 0.0501. The minimum Gasteiger partial charge on any atom is -0.480 e. The monoisotopic (exact) mass is 297 g/mol. The van der Waals surface area contributed by atoms with Crippen molar-refractivity contribution in [2.75, 3.05) is 26.7 Å². The van der Waals surface area contributed by atoms with E-state index < -0.39 is 29.9 Å². The summed E-state index contributed by atoms with van der Waals surface area (Å²) in [7, 11) is 1.48. The molecule has 2 saturated heterocycles. The lowest BCUT2D eigenvalue weighted by Gasteiger charge is -2.36. The van der Waals surface area contributed by atoms with E-state index in [9.17, 15) is 24.3 Å². The van der Waals surface area contributed by atoms with E-state index in [-0.39, 0.29) is 19.0 Å². The normalized spacial score (nSPS) is 26.5. The number of carbonyl (C=O) groups is 4. The maximum atomic E-state index is 12.3. The third kappa shape index (κ3) is 2.98. The molecule has 0 radical (unpaired) electrons. The van der Waals surface area contributed by atoms with Crippen LogP contribution in [0.25, 0.3) is 0 Å². The van der Waals surface area contributed by atoms with Gasteiger partial charge in [0.15, 0.2) is 0 Å². The molecule has 0 spiro atoms. The van der Waals surface area contributed by atoms with Crippen molar-refractivity contribution in [3.05, 3.63) is 0 Å². The highest BCUT2D eigenvalue weighted by Crippen LogP contribution is 2.23. The number of urea groups is 1. The molecule has 0 aromatic carbocycles. The number of rotatable bonds is 3. The van der Waals surface area contributed by atoms with Gasteiger partial charge in [-0.1, -0.05) is 6.92 Å². The zero-order valence-corrected chi connectivity index (χ0v) is 12.1. The maximum absolute atomic E-state index is 12.3. The number of aliphatic carboxylic acids is 1. The average molecular weight is 297 g/mol. The van der Waals surface area contributed by atoms with E-state index in [4.69, 9.17) is 0 Å². The second-order valence-corrected chi connectivity index (χ2v) is 5.69. The Hall–Kier alpha value is -2.12. The maximum Gasteiger partial charge on any atom is 0.327 e. The molecular formula is C13H19N3O5. The predicted molar refractivity (Wildman–Crippen MR) is 71.3 cm³/mol. The minimum atomic E-state index is -1.05. The number of nitrogens with zero attached hydrogens (tertiary/aromatic N) is 3. The van der Waals surface area contributed by atoms with Crippen LogP contribution in [0.15, 0.2) is 0 Å². The Morgan fingerprint density at radius 1 is 1.33 bits per heavy atom. The van der Waals surface area contributed by atoms with Crippen LogP contribution >= 0.6 is 0 Å². The van der Waals surface area contributed by atoms with Crippen LogP contribution in [-0.2, 0) is 14.4 Å². The number of hydrogen-bond acceptors (Lipinski definition) is 4. The molecule has 2 unspecified atom stereocenters. The number of amides is 4. The van der Waals surface area contributed by atoms with Crippen molar-refractivity contribution in [1.29, 1.82) is 0 Å². The van der Waals surface area contributed by atoms with Gasteiger partial charge in [-0.25, -0.2) is 9.59 Å². The second kappa shape index (κ2) is 5.71. The van der Waals surface area contributed by atoms with Crippen molar-refractivity contribution >= 4 is 23.8 Å². The quantitative estimate of drug-likeness (QED) is 0.714. The van der Waals surface area contributed by atoms with Crippen molar-refractivity contribution in [2.24, 2.45) is 5.92 Å². The Morgan fingerprint density at radius 3 is 2.52 bits per heavy atom. The fourth-order valence-corrected chi connectivity index (χ4v) is 2.72. The Balaban J connectivity index is 2.07. The van der Waals surface area contributed by atoms with Crippen LogP contribution in [-0.4, -0.2) is 76.3 Å². The number of carboxylic acid groups (broad SMARTS) is 1. The Kier molecular flexibility index (Phi) is 4.15. The highest BCUT2D eigenvalue weighted by Gasteiger charge is 2.39. The molecule has 116 valence electrons. The molecule has 2 fully saturated rings. The Bertz CT molecular complexity index is 492. The first-order chi connectivity index (χ1) is 9.81. The first-order valence-corrected chi connectivity index (χ1v) is 6.89. The van der Waals surface area contributed by atoms with Crippen molar-refractivity contribution in [2.45, 2.75) is 25.8 Å². The molecule has 0 saturated carbocycles. The van der Waals surface area contributed by atoms with E-state index in [1.165, 1.54) is 16.8 Å². The van der Waals surface area contributed by atoms with Crippen LogP contribution in [0.3, 0.4) is 0 Å². The Labute approximate surface area is 122 Å². The zero-order valence-electron chi connectivity index (χ0n) is 12.1. The van der Waals surface area contributed by atoms with Gasteiger partial charge in [0.25, 0.3) is 5.91 Å². The number of likely N-dealkylation sites (tertiary alicyclic amines) is 1. The summed E-state index contributed by atoms with van der Waals surface area (Å²) < 4.78 is 0. The van der Waals surface area contributed by atoms with Gasteiger partial charge in [0.1, 0.15) is 19.1 Å². The zero-order chi connectivity index (χ0) is 15.7. The van der Waals surface area contributed by atoms with Crippen LogP contribution in [0.4, 0.5) is 4.79 Å². The average Bonchev–Trinajstić information content (AvgIpc) is 2.65. The lowest BCUT2D eigenvalue weighted by molar-refractivity contribution is -0.153. The Morgan fingerprint density at radius 2 is 2.00 bits per heavy atom. The summed E-state index contributed by atoms with van der Waals surface area (Å²) >= 11 is 0. The van der Waals surface area contributed by atoms with Crippen LogP contribution in [0.5, 0.6) is 0 Å². The molecule has 0 aromatic rings. The number of imide groups is 1. The van der Waals surface area contributed by atoms with Crippen LogP contribution in [0.2, 0.25) is 0 Å². The van der Waals surface area contributed by atoms with Crippen LogP contribution in [0.1, 0.15) is 19.8 Å². The number of carboxylic acids is 1. The standard InChI is InChI=1S/C13H19N3O5/c1-8-3-4-15(9(5-8)12(19)20)11(18)7-16-10(17)6-14(2)13(16)21/h8-9H,3-7H2,1-2H3,(H,19,20). The lowest BCUT2D eigenvalue weighted by atomic mass is 9.92. The van der Waals surface area contributed by atoms with Gasteiger partial charge < -0.3 is 14.9 Å². The van der Waals surface area contributed by atoms with E-state index in [0.29, 0.717) is 13.0 Å². The highest BCUT2D eigenvalue weighted by molar-refractivity contribution is 6.04. The van der Waals surface area contributed by atoms with E-state index in [0.717, 1.165) is 11.3 Å². The molecule has 2 atom stereocenters. The first kappa shape index (κ1) is 15.3. The molecule has 21 heavy (non-hydrogen) atoms. The van der Waals surface area contributed by atoms with E-state index in [1.807, 2.05) is 6.92 Å². The molecule has 1 N–H and O–H groups in total. The summed E-state index contributed by atoms with van der Waals surface area (Å²) in [5, 5.41) is 9.23. The topological polar surface area (TPSA) is 98.2 Å². The second-order valence-electron chi connectivity index (χ2n) is 5.69. The molecule has 0 aliphatic carbocycles. The predicted octanol–water partition coefficient (Wildman–Crippen LogP) is -0.408. The molecule has 8 nitrogen and oxygen atoms in total. The highest BCUT2D eigenvalue weighted by atomic mass is 16.4. The number of carbonyl (C=O) groups excluding carboxylic acids is 3. The van der Waals surface area contributed by atoms with Gasteiger partial charge in [0, 0.05) is 13.6 Å². The van der Waals surface area contributed by atoms with Gasteiger partial charge in [-0.15, -0.1) is 0 Å². The summed E-state index contributed by atoms with van der Waals surface area (Å²) in [6.07, 6.45) is 1.11. The van der Waals surface area contributed by atoms with Gasteiger partial charge in [-0.2, -0.15) is 0 Å². The fourth-order valence-electron chi connectivity index (χ4n) is 2.72. The van der Waals surface area contributed by atoms with E-state index in [1.54, 1.807) is 0 Å². The van der Waals surface area contributed by atoms with Crippen molar-refractivity contribution < 1.29 is 24.3 Å². The van der Waals surface area contributed by atoms with Crippen molar-refractivity contribution in [1.82, 2.24) is 14.7 Å². The molecular weight excluding hydrogens is 278 g/mol. The molecule has 0 aromatic heterocycles. The van der Waals surface area contributed by atoms with Crippen LogP contribution < -0.4 is 0 Å². The third-order valence-electron chi connectivity index (χ3n) is 3.99. The summed E-state index contributed by atoms with van der Waals surface area (Å²) in [6.45, 7) is 1.84. The smallest absolute Gasteiger partial charge is 0.327 e. The first-order valence-electron chi connectivity index (χ1n) is 6.89. The van der Waals surface area contributed by atoms with E-state index >= 15 is 0 Å². The number of likely N-dealkylation sites (N-methyl/N-ethyl adjacent to an activating group) is 1. The van der Waals surface area contributed by atoms with Gasteiger partial charge in [-0.3, -0.25) is 14.5 Å². The van der Waals surface area contributed by atoms with Crippen molar-refractivity contribution in [3.63, 3.8) is 0 Å². The number of hydrogen-bond donors (Lipinski definition) is 1. The van der Waals surface area contributed by atoms with Gasteiger partial charge in [0.2, 0.25) is 5.91 Å². The molecule has 2 aliphatic rings. The summed E-state index contributed by atoms with van der Waals surface area (Å²) in [4.78, 5) is 50.3. The largest absolute Gasteiger partial charge is 0.480 e. The molecule has 0 bridgehead atoms. The summed E-state index contributed by atoms with van der Waals surface area (Å²) in [6, 6.07) is -1.41. The SMILES string of the molecule is CC1CCN(C(=O)CN2C(=O)CN(C)C2=O)C(C(=O)O)C1. The van der Waals surface area contributed by atoms with Gasteiger partial charge in [-0.05, 0) is 18.8 Å². The third-order valence-corrected chi connectivity index (χ3v) is 3.99. The molecule has 4 amide bonds. The van der Waals surface area contributed by atoms with Gasteiger partial charge >= 0.3 is 12.0 Å². The number of piperidine rings is 1. The van der Waals surface area contributed by atoms with E-state index in [2.05, 4.69) is 0 Å². The lowest BCUT2D eigenvalue weighted by Crippen LogP contribution is -2.53.